The van der Waals surface area contributed by atoms with E-state index in [-0.39, 0.29) is 12.1 Å². The lowest BCUT2D eigenvalue weighted by Gasteiger charge is -2.35. The van der Waals surface area contributed by atoms with Crippen LogP contribution in [0, 0.1) is 11.3 Å². The maximum atomic E-state index is 11.6. The minimum absolute atomic E-state index is 0.166. The van der Waals surface area contributed by atoms with Gasteiger partial charge in [-0.2, -0.15) is 0 Å². The Kier molecular flexibility index (Phi) is 5.84. The van der Waals surface area contributed by atoms with Crippen LogP contribution < -0.4 is 5.32 Å². The number of hydrogen-bond donors (Lipinski definition) is 2. The zero-order valence-electron chi connectivity index (χ0n) is 14.9. The normalized spacial score (nSPS) is 25.0. The van der Waals surface area contributed by atoms with Crippen LogP contribution in [0.3, 0.4) is 0 Å². The molecule has 0 aromatic rings. The molecule has 21 heavy (non-hydrogen) atoms. The third-order valence-corrected chi connectivity index (χ3v) is 4.85. The summed E-state index contributed by atoms with van der Waals surface area (Å²) in [5, 5.41) is 12.8. The Hall–Kier alpha value is -0.610. The Balaban J connectivity index is 2.67. The molecule has 1 aliphatic rings. The lowest BCUT2D eigenvalue weighted by molar-refractivity contribution is -0.145. The number of nitrogens with one attached hydrogen (secondary N) is 1. The highest BCUT2D eigenvalue weighted by Crippen LogP contribution is 2.35. The molecule has 1 rings (SSSR count). The predicted octanol–water partition coefficient (Wildman–Crippen LogP) is 2.97. The minimum atomic E-state index is -0.854. The molecule has 3 atom stereocenters. The van der Waals surface area contributed by atoms with Gasteiger partial charge in [-0.25, -0.2) is 0 Å². The molecule has 124 valence electrons. The van der Waals surface area contributed by atoms with Crippen molar-refractivity contribution in [2.45, 2.75) is 78.9 Å². The summed E-state index contributed by atoms with van der Waals surface area (Å²) in [6, 6.07) is 0.448. The zero-order chi connectivity index (χ0) is 16.4. The highest BCUT2D eigenvalue weighted by Gasteiger charge is 2.39. The molecule has 4 heteroatoms. The number of nitrogens with zero attached hydrogens (tertiary/aromatic N) is 1. The van der Waals surface area contributed by atoms with Crippen molar-refractivity contribution in [3.8, 4) is 0 Å². The Morgan fingerprint density at radius 1 is 1.29 bits per heavy atom. The molecular weight excluding hydrogens is 264 g/mol. The van der Waals surface area contributed by atoms with Gasteiger partial charge in [0.2, 0.25) is 0 Å². The van der Waals surface area contributed by atoms with Gasteiger partial charge in [0.05, 0.1) is 0 Å². The molecule has 0 spiro atoms. The first-order valence-corrected chi connectivity index (χ1v) is 8.21. The summed E-state index contributed by atoms with van der Waals surface area (Å²) in [4.78, 5) is 14.1. The van der Waals surface area contributed by atoms with Crippen LogP contribution in [0.4, 0.5) is 0 Å². The predicted molar refractivity (Wildman–Crippen MR) is 87.5 cm³/mol. The van der Waals surface area contributed by atoms with E-state index in [9.17, 15) is 9.90 Å². The summed E-state index contributed by atoms with van der Waals surface area (Å²) < 4.78 is 0. The van der Waals surface area contributed by atoms with Crippen LogP contribution >= 0.6 is 0 Å². The highest BCUT2D eigenvalue weighted by atomic mass is 16.4. The maximum Gasteiger partial charge on any atom is 0.323 e. The van der Waals surface area contributed by atoms with E-state index in [1.807, 2.05) is 20.8 Å². The van der Waals surface area contributed by atoms with Gasteiger partial charge < -0.3 is 10.0 Å². The molecule has 1 heterocycles. The summed E-state index contributed by atoms with van der Waals surface area (Å²) in [5.41, 5.74) is -0.520. The van der Waals surface area contributed by atoms with Gasteiger partial charge in [0.1, 0.15) is 5.54 Å². The molecule has 1 saturated heterocycles. The summed E-state index contributed by atoms with van der Waals surface area (Å²) in [6.07, 6.45) is 1.85. The van der Waals surface area contributed by atoms with E-state index >= 15 is 0 Å². The molecule has 1 fully saturated rings. The smallest absolute Gasteiger partial charge is 0.323 e. The first kappa shape index (κ1) is 18.4. The van der Waals surface area contributed by atoms with Crippen molar-refractivity contribution in [3.05, 3.63) is 0 Å². The molecule has 3 unspecified atom stereocenters. The van der Waals surface area contributed by atoms with Gasteiger partial charge in [-0.05, 0) is 58.4 Å². The van der Waals surface area contributed by atoms with Crippen molar-refractivity contribution >= 4 is 5.97 Å². The minimum Gasteiger partial charge on any atom is -0.480 e. The fraction of sp³-hybridized carbons (Fsp3) is 0.941. The molecule has 0 aliphatic carbocycles. The molecule has 0 aromatic carbocycles. The van der Waals surface area contributed by atoms with Gasteiger partial charge in [-0.1, -0.05) is 20.8 Å². The number of carbonyl (C=O) groups is 1. The van der Waals surface area contributed by atoms with Gasteiger partial charge in [0, 0.05) is 18.6 Å². The van der Waals surface area contributed by atoms with Crippen molar-refractivity contribution in [2.75, 3.05) is 13.1 Å². The van der Waals surface area contributed by atoms with Crippen molar-refractivity contribution in [3.63, 3.8) is 0 Å². The molecule has 0 radical (unpaired) electrons. The summed E-state index contributed by atoms with van der Waals surface area (Å²) in [5.74, 6) is -0.0521. The number of rotatable bonds is 6. The lowest BCUT2D eigenvalue weighted by atomic mass is 9.80. The first-order valence-electron chi connectivity index (χ1n) is 8.21. The van der Waals surface area contributed by atoms with Crippen LogP contribution in [-0.2, 0) is 4.79 Å². The van der Waals surface area contributed by atoms with E-state index in [0.717, 1.165) is 13.1 Å². The Labute approximate surface area is 130 Å². The fourth-order valence-electron chi connectivity index (χ4n) is 3.46. The van der Waals surface area contributed by atoms with Gasteiger partial charge in [0.15, 0.2) is 0 Å². The van der Waals surface area contributed by atoms with E-state index < -0.39 is 11.5 Å². The molecule has 0 bridgehead atoms. The molecule has 1 aliphatic heterocycles. The quantitative estimate of drug-likeness (QED) is 0.791. The molecule has 4 nitrogen and oxygen atoms in total. The summed E-state index contributed by atoms with van der Waals surface area (Å²) in [7, 11) is 0. The molecule has 0 saturated carbocycles. The maximum absolute atomic E-state index is 11.6. The lowest BCUT2D eigenvalue weighted by Crippen LogP contribution is -2.55. The van der Waals surface area contributed by atoms with E-state index in [1.54, 1.807) is 0 Å². The van der Waals surface area contributed by atoms with E-state index in [4.69, 9.17) is 0 Å². The van der Waals surface area contributed by atoms with Gasteiger partial charge in [-0.15, -0.1) is 0 Å². The average Bonchev–Trinajstić information content (AvgIpc) is 2.75. The van der Waals surface area contributed by atoms with E-state index in [1.165, 1.54) is 6.42 Å². The second-order valence-electron chi connectivity index (χ2n) is 8.34. The Bertz CT molecular complexity index is 362. The largest absolute Gasteiger partial charge is 0.480 e. The zero-order valence-corrected chi connectivity index (χ0v) is 14.9. The number of hydrogen-bond acceptors (Lipinski definition) is 3. The van der Waals surface area contributed by atoms with Crippen LogP contribution in [0.1, 0.15) is 61.3 Å². The topological polar surface area (TPSA) is 52.6 Å². The standard InChI is InChI=1S/C17H34N2O2/c1-12(2)18-17(7,15(20)21)10-13(3)19-9-8-14(11-19)16(4,5)6/h12-14,18H,8-11H2,1-7H3,(H,20,21). The number of aliphatic carboxylic acids is 1. The van der Waals surface area contributed by atoms with Gasteiger partial charge in [-0.3, -0.25) is 10.1 Å². The average molecular weight is 298 g/mol. The van der Waals surface area contributed by atoms with Crippen LogP contribution in [-0.4, -0.2) is 46.7 Å². The van der Waals surface area contributed by atoms with Crippen LogP contribution in [0.2, 0.25) is 0 Å². The second-order valence-corrected chi connectivity index (χ2v) is 8.34. The third kappa shape index (κ3) is 4.96. The molecule has 2 N–H and O–H groups in total. The van der Waals surface area contributed by atoms with Crippen molar-refractivity contribution < 1.29 is 9.90 Å². The molecule has 0 amide bonds. The SMILES string of the molecule is CC(C)NC(C)(CC(C)N1CCC(C(C)(C)C)C1)C(=O)O. The number of likely N-dealkylation sites (tertiary alicyclic amines) is 1. The second kappa shape index (κ2) is 6.66. The monoisotopic (exact) mass is 298 g/mol. The number of carboxylic acids is 1. The Morgan fingerprint density at radius 2 is 1.86 bits per heavy atom. The fourth-order valence-corrected chi connectivity index (χ4v) is 3.46. The van der Waals surface area contributed by atoms with Crippen LogP contribution in [0.25, 0.3) is 0 Å². The first-order chi connectivity index (χ1) is 9.45. The van der Waals surface area contributed by atoms with Crippen molar-refractivity contribution in [2.24, 2.45) is 11.3 Å². The Morgan fingerprint density at radius 3 is 2.24 bits per heavy atom. The van der Waals surface area contributed by atoms with Crippen molar-refractivity contribution in [1.29, 1.82) is 0 Å². The third-order valence-electron chi connectivity index (χ3n) is 4.85. The van der Waals surface area contributed by atoms with Gasteiger partial charge in [0.25, 0.3) is 0 Å². The molecular formula is C17H34N2O2. The van der Waals surface area contributed by atoms with Crippen LogP contribution in [0.15, 0.2) is 0 Å². The summed E-state index contributed by atoms with van der Waals surface area (Å²) in [6.45, 7) is 17.0. The van der Waals surface area contributed by atoms with Crippen molar-refractivity contribution in [1.82, 2.24) is 10.2 Å². The van der Waals surface area contributed by atoms with Gasteiger partial charge >= 0.3 is 5.97 Å². The van der Waals surface area contributed by atoms with E-state index in [2.05, 4.69) is 37.9 Å². The van der Waals surface area contributed by atoms with Crippen LogP contribution in [0.5, 0.6) is 0 Å². The summed E-state index contributed by atoms with van der Waals surface area (Å²) >= 11 is 0. The van der Waals surface area contributed by atoms with E-state index in [0.29, 0.717) is 17.8 Å². The highest BCUT2D eigenvalue weighted by molar-refractivity contribution is 5.78. The molecule has 0 aromatic heterocycles. The number of carboxylic acid groups (broad SMARTS) is 1.